The molecule has 0 spiro atoms. The maximum atomic E-state index is 7.54. The number of aromatic nitrogens is 3. The SMILES string of the molecule is Cc1ccc(-c2cccc(C)[n+]2C)c(C)c1.[2H]C([2H])([2H])c1ccc(-c2cccc(C)[n+]2C)c(C)c1.[2H]C([2H])([2H])c1cccc(-c2ccccc2C)[n+]1C. The molecule has 0 fully saturated rings. The third kappa shape index (κ3) is 8.48. The molecule has 240 valence electrons. The van der Waals surface area contributed by atoms with Crippen LogP contribution in [-0.2, 0) is 21.1 Å². The van der Waals surface area contributed by atoms with E-state index in [2.05, 4.69) is 86.3 Å². The second-order valence-electron chi connectivity index (χ2n) is 12.2. The number of nitrogens with zero attached hydrogens (tertiary/aromatic N) is 3. The van der Waals surface area contributed by atoms with Crippen molar-refractivity contribution >= 4 is 0 Å². The Bertz CT molecular complexity index is 2220. The normalized spacial score (nSPS) is 12.9. The third-order valence-corrected chi connectivity index (χ3v) is 8.78. The molecule has 0 saturated heterocycles. The zero-order chi connectivity index (χ0) is 39.2. The van der Waals surface area contributed by atoms with Gasteiger partial charge in [0.15, 0.2) is 17.1 Å². The summed E-state index contributed by atoms with van der Waals surface area (Å²) in [6.07, 6.45) is 0. The zero-order valence-corrected chi connectivity index (χ0v) is 29.3. The summed E-state index contributed by atoms with van der Waals surface area (Å²) >= 11 is 0. The average molecular weight is 629 g/mol. The van der Waals surface area contributed by atoms with Crippen molar-refractivity contribution in [3.8, 4) is 33.8 Å². The largest absolute Gasteiger partial charge is 0.212 e. The van der Waals surface area contributed by atoms with E-state index in [0.717, 1.165) is 39.3 Å². The summed E-state index contributed by atoms with van der Waals surface area (Å²) in [6, 6.07) is 37.8. The molecule has 0 bridgehead atoms. The lowest BCUT2D eigenvalue weighted by atomic mass is 10.0. The van der Waals surface area contributed by atoms with Gasteiger partial charge in [-0.05, 0) is 87.6 Å². The van der Waals surface area contributed by atoms with E-state index in [1.807, 2.05) is 69.4 Å². The van der Waals surface area contributed by atoms with Gasteiger partial charge in [0.05, 0.1) is 0 Å². The minimum Gasteiger partial charge on any atom is -0.199 e. The first-order valence-corrected chi connectivity index (χ1v) is 16.0. The molecule has 0 aliphatic heterocycles. The van der Waals surface area contributed by atoms with E-state index < -0.39 is 13.7 Å². The Morgan fingerprint density at radius 2 is 0.809 bits per heavy atom. The molecule has 0 atom stereocenters. The lowest BCUT2D eigenvalue weighted by Crippen LogP contribution is -2.34. The number of aryl methyl sites for hydroxylation is 8. The monoisotopic (exact) mass is 628 g/mol. The van der Waals surface area contributed by atoms with Crippen molar-refractivity contribution in [3.05, 3.63) is 160 Å². The summed E-state index contributed by atoms with van der Waals surface area (Å²) in [6.45, 7) is 8.33. The standard InChI is InChI=1S/2C15H18N.C14H16N/c2*1-11-8-9-14(12(2)10-11)15-7-5-6-13(3)16(15)4;1-11-7-4-5-9-13(11)14-10-6-8-12(2)15(14)3/h2*5-10H,1-4H3;4-10H,1-3H3/q3*+1/i1D3;;2D3. The van der Waals surface area contributed by atoms with Crippen LogP contribution in [0.15, 0.2) is 115 Å². The van der Waals surface area contributed by atoms with Crippen LogP contribution >= 0.6 is 0 Å². The molecule has 3 aromatic heterocycles. The van der Waals surface area contributed by atoms with Crippen molar-refractivity contribution in [2.75, 3.05) is 0 Å². The van der Waals surface area contributed by atoms with E-state index >= 15 is 0 Å². The van der Waals surface area contributed by atoms with E-state index in [4.69, 9.17) is 8.22 Å². The first kappa shape index (κ1) is 27.2. The summed E-state index contributed by atoms with van der Waals surface area (Å²) in [5.41, 5.74) is 14.7. The second kappa shape index (κ2) is 15.6. The van der Waals surface area contributed by atoms with E-state index in [1.165, 1.54) is 28.1 Å². The summed E-state index contributed by atoms with van der Waals surface area (Å²) < 4.78 is 51.1. The molecule has 3 heteroatoms. The molecular weight excluding hydrogens is 571 g/mol. The number of hydrogen-bond donors (Lipinski definition) is 0. The van der Waals surface area contributed by atoms with Crippen molar-refractivity contribution in [2.45, 2.75) is 55.2 Å². The number of pyridine rings is 3. The molecule has 0 aliphatic carbocycles. The van der Waals surface area contributed by atoms with Gasteiger partial charge in [-0.2, -0.15) is 13.7 Å². The molecule has 6 rings (SSSR count). The van der Waals surface area contributed by atoms with Gasteiger partial charge in [-0.3, -0.25) is 0 Å². The van der Waals surface area contributed by atoms with Gasteiger partial charge in [-0.1, -0.05) is 53.6 Å². The van der Waals surface area contributed by atoms with Gasteiger partial charge in [0.2, 0.25) is 17.1 Å². The fourth-order valence-corrected chi connectivity index (χ4v) is 5.69. The smallest absolute Gasteiger partial charge is 0.199 e. The Kier molecular flexibility index (Phi) is 9.04. The Balaban J connectivity index is 0.000000178. The van der Waals surface area contributed by atoms with Crippen LogP contribution in [0, 0.1) is 55.2 Å². The lowest BCUT2D eigenvalue weighted by Gasteiger charge is -2.06. The van der Waals surface area contributed by atoms with Crippen LogP contribution < -0.4 is 13.7 Å². The lowest BCUT2D eigenvalue weighted by molar-refractivity contribution is -0.666. The highest BCUT2D eigenvalue weighted by atomic mass is 14.9. The highest BCUT2D eigenvalue weighted by Crippen LogP contribution is 2.23. The van der Waals surface area contributed by atoms with Gasteiger partial charge >= 0.3 is 0 Å². The zero-order valence-electron chi connectivity index (χ0n) is 35.3. The molecule has 3 nitrogen and oxygen atoms in total. The maximum absolute atomic E-state index is 7.54. The molecule has 0 saturated carbocycles. The van der Waals surface area contributed by atoms with Crippen LogP contribution in [-0.4, -0.2) is 0 Å². The van der Waals surface area contributed by atoms with Crippen molar-refractivity contribution in [2.24, 2.45) is 21.1 Å². The first-order valence-electron chi connectivity index (χ1n) is 19.0. The predicted molar refractivity (Wildman–Crippen MR) is 197 cm³/mol. The van der Waals surface area contributed by atoms with Crippen LogP contribution in [0.4, 0.5) is 0 Å². The molecule has 0 N–H and O–H groups in total. The Morgan fingerprint density at radius 3 is 1.28 bits per heavy atom. The summed E-state index contributed by atoms with van der Waals surface area (Å²) in [5.74, 6) is 0. The Labute approximate surface area is 291 Å². The van der Waals surface area contributed by atoms with Gasteiger partial charge in [0.1, 0.15) is 21.1 Å². The predicted octanol–water partition coefficient (Wildman–Crippen LogP) is 9.00. The molecule has 6 aromatic rings. The fraction of sp³-hybridized carbons (Fsp3) is 0.250. The van der Waals surface area contributed by atoms with Gasteiger partial charge in [0, 0.05) is 82.0 Å². The highest BCUT2D eigenvalue weighted by molar-refractivity contribution is 5.63. The molecule has 0 aliphatic rings. The number of rotatable bonds is 3. The second-order valence-corrected chi connectivity index (χ2v) is 12.2. The van der Waals surface area contributed by atoms with Crippen molar-refractivity contribution < 1.29 is 21.9 Å². The quantitative estimate of drug-likeness (QED) is 0.173. The van der Waals surface area contributed by atoms with E-state index in [1.54, 1.807) is 35.9 Å². The minimum atomic E-state index is -2.09. The molecule has 3 aromatic carbocycles. The molecule has 0 radical (unpaired) electrons. The molecule has 0 unspecified atom stereocenters. The summed E-state index contributed by atoms with van der Waals surface area (Å²) in [5, 5.41) is 0. The summed E-state index contributed by atoms with van der Waals surface area (Å²) in [7, 11) is 5.93. The van der Waals surface area contributed by atoms with Crippen molar-refractivity contribution in [3.63, 3.8) is 0 Å². The fourth-order valence-electron chi connectivity index (χ4n) is 5.69. The van der Waals surface area contributed by atoms with Crippen LogP contribution in [0.3, 0.4) is 0 Å². The van der Waals surface area contributed by atoms with Crippen LogP contribution in [0.5, 0.6) is 0 Å². The third-order valence-electron chi connectivity index (χ3n) is 8.78. The number of benzene rings is 3. The van der Waals surface area contributed by atoms with Crippen LogP contribution in [0.1, 0.15) is 53.1 Å². The minimum absolute atomic E-state index is 0.350. The van der Waals surface area contributed by atoms with E-state index in [9.17, 15) is 0 Å². The average Bonchev–Trinajstić information content (AvgIpc) is 3.08. The van der Waals surface area contributed by atoms with Crippen LogP contribution in [0.2, 0.25) is 0 Å². The first-order chi connectivity index (χ1) is 24.8. The van der Waals surface area contributed by atoms with E-state index in [0.29, 0.717) is 11.3 Å². The molecule has 47 heavy (non-hydrogen) atoms. The van der Waals surface area contributed by atoms with E-state index in [-0.39, 0.29) is 0 Å². The summed E-state index contributed by atoms with van der Waals surface area (Å²) in [4.78, 5) is 0. The van der Waals surface area contributed by atoms with Gasteiger partial charge in [-0.25, -0.2) is 0 Å². The number of hydrogen-bond acceptors (Lipinski definition) is 0. The molecule has 3 heterocycles. The van der Waals surface area contributed by atoms with Gasteiger partial charge < -0.3 is 0 Å². The van der Waals surface area contributed by atoms with Gasteiger partial charge in [0.25, 0.3) is 0 Å². The van der Waals surface area contributed by atoms with Crippen LogP contribution in [0.25, 0.3) is 33.8 Å². The Morgan fingerprint density at radius 1 is 0.383 bits per heavy atom. The Hall–Kier alpha value is -4.89. The maximum Gasteiger partial charge on any atom is 0.212 e. The van der Waals surface area contributed by atoms with Crippen molar-refractivity contribution in [1.29, 1.82) is 0 Å². The van der Waals surface area contributed by atoms with Crippen molar-refractivity contribution in [1.82, 2.24) is 0 Å². The topological polar surface area (TPSA) is 11.6 Å². The highest BCUT2D eigenvalue weighted by Gasteiger charge is 2.15. The molecule has 0 amide bonds. The van der Waals surface area contributed by atoms with Gasteiger partial charge in [-0.15, -0.1) is 0 Å². The molecular formula is C44H52N3+3.